The van der Waals surface area contributed by atoms with Crippen molar-refractivity contribution in [2.75, 3.05) is 20.8 Å². The molecule has 5 atom stereocenters. The van der Waals surface area contributed by atoms with Crippen LogP contribution in [0.4, 0.5) is 4.79 Å². The summed E-state index contributed by atoms with van der Waals surface area (Å²) in [6.45, 7) is 12.2. The maximum absolute atomic E-state index is 15.0. The summed E-state index contributed by atoms with van der Waals surface area (Å²) in [6, 6.07) is 33.7. The SMILES string of the molecule is COc1ccc2c(c1)[C@@H]1C[C@]1(C(=O)N1C(=O)OC[C@H]1Cc1ccccc1)Cn1c-2c(C2CCCCC2)c2ccc(C(=O)OC(C)(C)C)cc21.COc1ccc2c(c1)[C@@H]1C[C@]1(C(=O)O)Cn1c-2c(C2CCCCC2)c2ccc(C(=O)OC(C)(C)C)cc21.[Na+].[OH-]. The number of esters is 2. The van der Waals surface area contributed by atoms with Gasteiger partial charge in [-0.3, -0.25) is 9.59 Å². The van der Waals surface area contributed by atoms with E-state index in [1.165, 1.54) is 54.6 Å². The van der Waals surface area contributed by atoms with Crippen molar-refractivity contribution in [1.82, 2.24) is 14.0 Å². The molecule has 2 aromatic heterocycles. The maximum Gasteiger partial charge on any atom is 1.00 e. The Kier molecular flexibility index (Phi) is 17.0. The molecule has 0 spiro atoms. The van der Waals surface area contributed by atoms with E-state index in [2.05, 4.69) is 39.5 Å². The third-order valence-electron chi connectivity index (χ3n) is 19.7. The van der Waals surface area contributed by atoms with Gasteiger partial charge in [-0.15, -0.1) is 0 Å². The maximum atomic E-state index is 15.0. The van der Waals surface area contributed by atoms with Crippen LogP contribution >= 0.6 is 0 Å². The Labute approximate surface area is 537 Å². The molecule has 2 amide bonds. The number of fused-ring (bicyclic) bond motifs is 14. The number of carbonyl (C=O) groups is 5. The van der Waals surface area contributed by atoms with Gasteiger partial charge >= 0.3 is 53.6 Å². The Hall–Kier alpha value is -6.91. The van der Waals surface area contributed by atoms with Crippen molar-refractivity contribution in [1.29, 1.82) is 0 Å². The number of aromatic nitrogens is 2. The second-order valence-electron chi connectivity index (χ2n) is 27.5. The molecule has 15 nitrogen and oxygen atoms in total. The molecule has 5 heterocycles. The van der Waals surface area contributed by atoms with Crippen molar-refractivity contribution in [2.24, 2.45) is 10.8 Å². The summed E-state index contributed by atoms with van der Waals surface area (Å²) in [7, 11) is 3.32. The van der Waals surface area contributed by atoms with Crippen molar-refractivity contribution in [3.8, 4) is 34.0 Å². The zero-order valence-corrected chi connectivity index (χ0v) is 54.3. The molecule has 14 rings (SSSR count). The summed E-state index contributed by atoms with van der Waals surface area (Å²) < 4.78 is 32.8. The minimum absolute atomic E-state index is 0. The monoisotopic (exact) mass is 1200 g/mol. The van der Waals surface area contributed by atoms with Crippen LogP contribution in [0.1, 0.15) is 191 Å². The van der Waals surface area contributed by atoms with E-state index in [1.54, 1.807) is 14.2 Å². The van der Waals surface area contributed by atoms with Crippen LogP contribution in [0.5, 0.6) is 11.5 Å². The number of ether oxygens (including phenoxy) is 5. The fourth-order valence-electron chi connectivity index (χ4n) is 15.5. The molecule has 88 heavy (non-hydrogen) atoms. The van der Waals surface area contributed by atoms with E-state index in [9.17, 15) is 29.1 Å². The minimum atomic E-state index is -0.859. The quantitative estimate of drug-likeness (QED) is 0.0774. The first kappa shape index (κ1) is 62.7. The second-order valence-corrected chi connectivity index (χ2v) is 27.5. The van der Waals surface area contributed by atoms with Crippen LogP contribution < -0.4 is 39.0 Å². The van der Waals surface area contributed by atoms with Crippen molar-refractivity contribution in [2.45, 2.75) is 179 Å². The van der Waals surface area contributed by atoms with Crippen molar-refractivity contribution in [3.63, 3.8) is 0 Å². The molecular formula is C72H80N3NaO12. The first-order valence-electron chi connectivity index (χ1n) is 31.1. The summed E-state index contributed by atoms with van der Waals surface area (Å²) in [6.07, 6.45) is 12.8. The van der Waals surface area contributed by atoms with Gasteiger partial charge in [-0.1, -0.05) is 81.0 Å². The van der Waals surface area contributed by atoms with Gasteiger partial charge in [0.05, 0.1) is 53.6 Å². The normalized spacial score (nSPS) is 22.6. The number of aliphatic carboxylic acids is 1. The molecule has 5 fully saturated rings. The van der Waals surface area contributed by atoms with Crippen LogP contribution in [0.2, 0.25) is 0 Å². The second kappa shape index (κ2) is 23.8. The van der Waals surface area contributed by atoms with Crippen LogP contribution in [0.3, 0.4) is 0 Å². The molecule has 16 heteroatoms. The van der Waals surface area contributed by atoms with E-state index in [4.69, 9.17) is 23.7 Å². The third-order valence-corrected chi connectivity index (χ3v) is 19.7. The van der Waals surface area contributed by atoms with E-state index in [0.717, 1.165) is 98.2 Å². The predicted molar refractivity (Wildman–Crippen MR) is 331 cm³/mol. The molecular weight excluding hydrogens is 1120 g/mol. The average Bonchev–Trinajstić information content (AvgIpc) is 1.87. The predicted octanol–water partition coefficient (Wildman–Crippen LogP) is 12.1. The molecule has 7 aliphatic rings. The van der Waals surface area contributed by atoms with Crippen molar-refractivity contribution >= 4 is 51.7 Å². The number of nitrogens with zero attached hydrogens (tertiary/aromatic N) is 3. The Balaban J connectivity index is 0.000000185. The fourth-order valence-corrected chi connectivity index (χ4v) is 15.5. The van der Waals surface area contributed by atoms with Crippen LogP contribution in [-0.2, 0) is 43.3 Å². The summed E-state index contributed by atoms with van der Waals surface area (Å²) in [4.78, 5) is 68.9. The van der Waals surface area contributed by atoms with Crippen molar-refractivity contribution < 1.29 is 87.8 Å². The van der Waals surface area contributed by atoms with E-state index in [0.29, 0.717) is 55.3 Å². The van der Waals surface area contributed by atoms with Gasteiger partial charge in [0.2, 0.25) is 5.91 Å². The first-order chi connectivity index (χ1) is 41.2. The van der Waals surface area contributed by atoms with Crippen LogP contribution in [-0.4, -0.2) is 92.6 Å². The molecule has 4 saturated carbocycles. The van der Waals surface area contributed by atoms with E-state index in [-0.39, 0.29) is 77.4 Å². The Bertz CT molecular complexity index is 3900. The standard InChI is InChI=1S/C41H44N2O6.C31H35NO5.Na.H2O/c1-40(2,3)49-37(44)27-15-17-31-34(20-27)42-24-41(38(45)43-28(23-48-39(43)46)19-25-11-7-5-8-12-25)22-33(41)32-21-29(47-4)16-18-30(32)36(42)35(31)26-13-9-6-10-14-26;1-30(2,3)37-28(33)19-10-12-22-25(14-19)32-17-31(29(34)35)16-24(31)23-15-20(36-4)11-13-21(23)27(32)26(22)18-8-6-5-7-9-18;;/h5,7-8,11-12,15-18,20-21,26,28,33H,6,9-10,13-14,19,22-24H2,1-4H3;10-15,18,24H,5-9,16-17H2,1-4H3,(H,34,35);;1H2/q;;+1;/p-1/t28-,33+,41+;24-,31-;;/m10../s1. The summed E-state index contributed by atoms with van der Waals surface area (Å²) >= 11 is 0. The summed E-state index contributed by atoms with van der Waals surface area (Å²) in [5.74, 6) is 0.422. The van der Waals surface area contributed by atoms with Gasteiger partial charge in [0, 0.05) is 57.9 Å². The number of imide groups is 1. The van der Waals surface area contributed by atoms with Gasteiger partial charge in [0.1, 0.15) is 29.3 Å². The third kappa shape index (κ3) is 11.1. The number of hydrogen-bond acceptors (Lipinski definition) is 11. The zero-order chi connectivity index (χ0) is 60.2. The van der Waals surface area contributed by atoms with Gasteiger partial charge < -0.3 is 43.4 Å². The molecule has 0 radical (unpaired) electrons. The minimum Gasteiger partial charge on any atom is -0.870 e. The Morgan fingerprint density at radius 1 is 0.602 bits per heavy atom. The Morgan fingerprint density at radius 3 is 1.51 bits per heavy atom. The number of rotatable bonds is 10. The molecule has 456 valence electrons. The van der Waals surface area contributed by atoms with E-state index in [1.807, 2.05) is 114 Å². The number of hydrogen-bond donors (Lipinski definition) is 1. The van der Waals surface area contributed by atoms with Gasteiger partial charge in [-0.2, -0.15) is 0 Å². The molecule has 5 aromatic carbocycles. The smallest absolute Gasteiger partial charge is 0.870 e. The van der Waals surface area contributed by atoms with Crippen molar-refractivity contribution in [3.05, 3.63) is 142 Å². The number of carbonyl (C=O) groups excluding carboxylic acids is 4. The van der Waals surface area contributed by atoms with Gasteiger partial charge in [-0.05, 0) is 187 Å². The van der Waals surface area contributed by atoms with Gasteiger partial charge in [-0.25, -0.2) is 19.3 Å². The van der Waals surface area contributed by atoms with Crippen LogP contribution in [0.15, 0.2) is 103 Å². The fraction of sp³-hybridized carbons (Fsp3) is 0.458. The molecule has 4 aliphatic carbocycles. The largest absolute Gasteiger partial charge is 1.00 e. The van der Waals surface area contributed by atoms with E-state index < -0.39 is 34.1 Å². The molecule has 1 saturated heterocycles. The van der Waals surface area contributed by atoms with Crippen LogP contribution in [0.25, 0.3) is 44.3 Å². The summed E-state index contributed by atoms with van der Waals surface area (Å²) in [5, 5.41) is 12.7. The molecule has 3 aliphatic heterocycles. The van der Waals surface area contributed by atoms with E-state index >= 15 is 0 Å². The molecule has 7 aromatic rings. The number of carboxylic acids is 1. The first-order valence-corrected chi connectivity index (χ1v) is 31.1. The average molecular weight is 1200 g/mol. The molecule has 2 N–H and O–H groups in total. The number of benzene rings is 5. The number of cyclic esters (lactones) is 1. The number of carboxylic acid groups (broad SMARTS) is 1. The van der Waals surface area contributed by atoms with Gasteiger partial charge in [0.25, 0.3) is 0 Å². The summed E-state index contributed by atoms with van der Waals surface area (Å²) in [5.41, 5.74) is 10.1. The zero-order valence-electron chi connectivity index (χ0n) is 52.3. The molecule has 0 unspecified atom stereocenters. The topological polar surface area (TPSA) is 195 Å². The molecule has 0 bridgehead atoms. The van der Waals surface area contributed by atoms with Gasteiger partial charge in [0.15, 0.2) is 0 Å². The Morgan fingerprint density at radius 2 is 1.06 bits per heavy atom. The number of methoxy groups -OCH3 is 2. The van der Waals surface area contributed by atoms with Crippen LogP contribution in [0, 0.1) is 10.8 Å². The number of amides is 2.